The molecular weight excluding hydrogens is 384 g/mol. The van der Waals surface area contributed by atoms with Gasteiger partial charge in [-0.15, -0.1) is 0 Å². The van der Waals surface area contributed by atoms with Gasteiger partial charge in [-0.1, -0.05) is 0 Å². The predicted molar refractivity (Wildman–Crippen MR) is 104 cm³/mol. The number of methoxy groups -OCH3 is 1. The number of pyridine rings is 2. The number of oxazole rings is 1. The number of hydrogen-bond donors (Lipinski definition) is 1. The van der Waals surface area contributed by atoms with E-state index in [-0.39, 0.29) is 28.8 Å². The van der Waals surface area contributed by atoms with Crippen molar-refractivity contribution in [1.82, 2.24) is 14.5 Å². The van der Waals surface area contributed by atoms with E-state index in [9.17, 15) is 13.2 Å². The summed E-state index contributed by atoms with van der Waals surface area (Å²) in [5, 5.41) is 0. The van der Waals surface area contributed by atoms with Crippen molar-refractivity contribution >= 4 is 26.9 Å². The van der Waals surface area contributed by atoms with Gasteiger partial charge in [0.2, 0.25) is 10.0 Å². The van der Waals surface area contributed by atoms with Gasteiger partial charge < -0.3 is 13.7 Å². The summed E-state index contributed by atoms with van der Waals surface area (Å²) in [7, 11) is -0.502. The zero-order valence-corrected chi connectivity index (χ0v) is 16.5. The van der Waals surface area contributed by atoms with Crippen LogP contribution in [0.2, 0.25) is 0 Å². The maximum atomic E-state index is 12.1. The molecule has 9 nitrogen and oxygen atoms in total. The van der Waals surface area contributed by atoms with Crippen molar-refractivity contribution in [3.05, 3.63) is 34.6 Å². The molecule has 0 bridgehead atoms. The molecule has 148 valence electrons. The summed E-state index contributed by atoms with van der Waals surface area (Å²) in [4.78, 5) is 21.1. The summed E-state index contributed by atoms with van der Waals surface area (Å²) in [6.45, 7) is 1.54. The molecule has 1 aliphatic carbocycles. The molecule has 3 aromatic rings. The van der Waals surface area contributed by atoms with Crippen molar-refractivity contribution in [2.75, 3.05) is 17.6 Å². The number of ether oxygens (including phenoxy) is 1. The molecule has 28 heavy (non-hydrogen) atoms. The molecule has 1 N–H and O–H groups in total. The molecule has 0 radical (unpaired) electrons. The van der Waals surface area contributed by atoms with Crippen molar-refractivity contribution < 1.29 is 17.6 Å². The van der Waals surface area contributed by atoms with Crippen LogP contribution in [-0.2, 0) is 17.1 Å². The molecule has 0 atom stereocenters. The number of sulfonamides is 1. The third-order valence-electron chi connectivity index (χ3n) is 4.60. The van der Waals surface area contributed by atoms with Gasteiger partial charge >= 0.3 is 0 Å². The largest absolute Gasteiger partial charge is 0.491 e. The van der Waals surface area contributed by atoms with Crippen LogP contribution in [0.3, 0.4) is 0 Å². The Balaban J connectivity index is 1.95. The van der Waals surface area contributed by atoms with Crippen LogP contribution >= 0.6 is 0 Å². The van der Waals surface area contributed by atoms with E-state index in [2.05, 4.69) is 14.7 Å². The van der Waals surface area contributed by atoms with Gasteiger partial charge in [0.15, 0.2) is 17.2 Å². The number of rotatable bonds is 6. The van der Waals surface area contributed by atoms with Crippen LogP contribution in [0, 0.1) is 0 Å². The Morgan fingerprint density at radius 2 is 2.07 bits per heavy atom. The van der Waals surface area contributed by atoms with Crippen molar-refractivity contribution in [2.24, 2.45) is 7.05 Å². The molecular formula is C18H20N4O5S. The molecule has 3 aromatic heterocycles. The molecule has 0 saturated heterocycles. The fourth-order valence-corrected chi connectivity index (χ4v) is 3.46. The molecule has 1 fully saturated rings. The molecule has 0 amide bonds. The smallest absolute Gasteiger partial charge is 0.292 e. The summed E-state index contributed by atoms with van der Waals surface area (Å²) in [6, 6.07) is 3.11. The van der Waals surface area contributed by atoms with Gasteiger partial charge in [0, 0.05) is 30.8 Å². The third kappa shape index (κ3) is 3.35. The summed E-state index contributed by atoms with van der Waals surface area (Å²) >= 11 is 0. The van der Waals surface area contributed by atoms with Gasteiger partial charge in [0.1, 0.15) is 17.0 Å². The van der Waals surface area contributed by atoms with Crippen molar-refractivity contribution in [3.8, 4) is 17.0 Å². The number of nitrogens with zero attached hydrogens (tertiary/aromatic N) is 3. The minimum atomic E-state index is -3.52. The highest BCUT2D eigenvalue weighted by atomic mass is 32.2. The van der Waals surface area contributed by atoms with E-state index in [4.69, 9.17) is 9.15 Å². The molecule has 4 rings (SSSR count). The van der Waals surface area contributed by atoms with Gasteiger partial charge in [-0.05, 0) is 25.8 Å². The molecule has 0 aromatic carbocycles. The first-order chi connectivity index (χ1) is 13.3. The second-order valence-electron chi connectivity index (χ2n) is 6.75. The molecule has 10 heteroatoms. The van der Waals surface area contributed by atoms with E-state index < -0.39 is 10.0 Å². The van der Waals surface area contributed by atoms with Crippen molar-refractivity contribution in [1.29, 1.82) is 0 Å². The standard InChI is InChI=1S/C18H20N4O5S/c1-4-28(24,25)21-14-8-12-16(27-17(19-12)10-5-6-10)15(20-14)11-7-13(26-3)18(23)22(2)9-11/h7-10H,4-6H2,1-3H3,(H,20,21). The summed E-state index contributed by atoms with van der Waals surface area (Å²) in [5.74, 6) is 1.11. The maximum Gasteiger partial charge on any atom is 0.292 e. The van der Waals surface area contributed by atoms with E-state index >= 15 is 0 Å². The molecule has 1 saturated carbocycles. The Kier molecular flexibility index (Phi) is 4.37. The molecule has 0 aliphatic heterocycles. The summed E-state index contributed by atoms with van der Waals surface area (Å²) in [5.41, 5.74) is 1.61. The van der Waals surface area contributed by atoms with Gasteiger partial charge in [-0.3, -0.25) is 9.52 Å². The maximum absolute atomic E-state index is 12.1. The topological polar surface area (TPSA) is 116 Å². The lowest BCUT2D eigenvalue weighted by molar-refractivity contribution is 0.405. The summed E-state index contributed by atoms with van der Waals surface area (Å²) in [6.07, 6.45) is 3.63. The zero-order chi connectivity index (χ0) is 20.1. The molecule has 3 heterocycles. The highest BCUT2D eigenvalue weighted by Crippen LogP contribution is 2.42. The van der Waals surface area contributed by atoms with E-state index in [1.54, 1.807) is 32.3 Å². The van der Waals surface area contributed by atoms with Gasteiger partial charge in [-0.2, -0.15) is 0 Å². The number of aromatic nitrogens is 3. The van der Waals surface area contributed by atoms with E-state index in [0.29, 0.717) is 28.2 Å². The first-order valence-electron chi connectivity index (χ1n) is 8.88. The van der Waals surface area contributed by atoms with Crippen molar-refractivity contribution in [3.63, 3.8) is 0 Å². The minimum absolute atomic E-state index is 0.0815. The van der Waals surface area contributed by atoms with E-state index in [0.717, 1.165) is 12.8 Å². The zero-order valence-electron chi connectivity index (χ0n) is 15.7. The minimum Gasteiger partial charge on any atom is -0.491 e. The van der Waals surface area contributed by atoms with Crippen LogP contribution < -0.4 is 15.0 Å². The fourth-order valence-electron chi connectivity index (χ4n) is 2.89. The second kappa shape index (κ2) is 6.62. The Labute approximate surface area is 161 Å². The number of aryl methyl sites for hydroxylation is 1. The highest BCUT2D eigenvalue weighted by molar-refractivity contribution is 7.92. The van der Waals surface area contributed by atoms with Crippen LogP contribution in [0.4, 0.5) is 5.82 Å². The summed E-state index contributed by atoms with van der Waals surface area (Å²) < 4.78 is 39.0. The van der Waals surface area contributed by atoms with Crippen LogP contribution in [0.1, 0.15) is 31.6 Å². The lowest BCUT2D eigenvalue weighted by Gasteiger charge is -2.10. The Hall–Kier alpha value is -2.88. The quantitative estimate of drug-likeness (QED) is 0.669. The number of anilines is 1. The van der Waals surface area contributed by atoms with E-state index in [1.807, 2.05) is 0 Å². The van der Waals surface area contributed by atoms with Crippen LogP contribution in [0.25, 0.3) is 22.4 Å². The highest BCUT2D eigenvalue weighted by Gasteiger charge is 2.30. The van der Waals surface area contributed by atoms with Crippen LogP contribution in [-0.4, -0.2) is 35.8 Å². The first-order valence-corrected chi connectivity index (χ1v) is 10.5. The van der Waals surface area contributed by atoms with Crippen LogP contribution in [0.5, 0.6) is 5.75 Å². The molecule has 1 aliphatic rings. The second-order valence-corrected chi connectivity index (χ2v) is 8.76. The predicted octanol–water partition coefficient (Wildman–Crippen LogP) is 2.24. The van der Waals surface area contributed by atoms with Gasteiger partial charge in [0.25, 0.3) is 5.56 Å². The number of hydrogen-bond acceptors (Lipinski definition) is 7. The lowest BCUT2D eigenvalue weighted by atomic mass is 10.1. The third-order valence-corrected chi connectivity index (χ3v) is 5.88. The van der Waals surface area contributed by atoms with Crippen molar-refractivity contribution in [2.45, 2.75) is 25.7 Å². The van der Waals surface area contributed by atoms with Crippen LogP contribution in [0.15, 0.2) is 27.5 Å². The Morgan fingerprint density at radius 3 is 2.71 bits per heavy atom. The normalized spacial score (nSPS) is 14.4. The van der Waals surface area contributed by atoms with Gasteiger partial charge in [0.05, 0.1) is 12.9 Å². The average Bonchev–Trinajstić information content (AvgIpc) is 3.42. The Bertz CT molecular complexity index is 1220. The lowest BCUT2D eigenvalue weighted by Crippen LogP contribution is -2.18. The fraction of sp³-hybridized carbons (Fsp3) is 0.389. The Morgan fingerprint density at radius 1 is 1.32 bits per heavy atom. The monoisotopic (exact) mass is 404 g/mol. The van der Waals surface area contributed by atoms with Gasteiger partial charge in [-0.25, -0.2) is 18.4 Å². The van der Waals surface area contributed by atoms with E-state index in [1.165, 1.54) is 11.7 Å². The molecule has 0 unspecified atom stereocenters. The average molecular weight is 404 g/mol. The number of nitrogens with one attached hydrogen (secondary N) is 1. The SMILES string of the molecule is CCS(=O)(=O)Nc1cc2nc(C3CC3)oc2c(-c2cc(OC)c(=O)n(C)c2)n1. The molecule has 0 spiro atoms. The number of fused-ring (bicyclic) bond motifs is 1. The first kappa shape index (κ1) is 18.5.